The molecule has 1 aliphatic heterocycles. The van der Waals surface area contributed by atoms with Crippen molar-refractivity contribution in [1.82, 2.24) is 5.32 Å². The number of rotatable bonds is 4. The fourth-order valence-electron chi connectivity index (χ4n) is 2.58. The molecule has 1 saturated heterocycles. The van der Waals surface area contributed by atoms with Crippen LogP contribution in [0.15, 0.2) is 22.7 Å². The van der Waals surface area contributed by atoms with Crippen LogP contribution in [0.3, 0.4) is 0 Å². The molecule has 1 aliphatic rings. The summed E-state index contributed by atoms with van der Waals surface area (Å²) in [5.74, 6) is -0.213. The van der Waals surface area contributed by atoms with E-state index in [-0.39, 0.29) is 11.8 Å². The van der Waals surface area contributed by atoms with Gasteiger partial charge < -0.3 is 5.32 Å². The van der Waals surface area contributed by atoms with Crippen molar-refractivity contribution in [3.8, 4) is 0 Å². The van der Waals surface area contributed by atoms with Crippen molar-refractivity contribution in [1.29, 1.82) is 0 Å². The lowest BCUT2D eigenvalue weighted by Crippen LogP contribution is -2.63. The molecule has 1 aromatic carbocycles. The number of halogens is 2. The lowest BCUT2D eigenvalue weighted by atomic mass is 10.0. The minimum atomic E-state index is -0.516. The largest absolute Gasteiger partial charge is 0.342 e. The van der Waals surface area contributed by atoms with Crippen LogP contribution >= 0.6 is 27.5 Å². The zero-order valence-corrected chi connectivity index (χ0v) is 14.4. The standard InChI is InChI=1S/C15H18BrClN2O2/c1-3-5-11-15(21)19(12(4-2)14(20)18-11)13-8-9(16)6-7-10(13)17/h6-8,11-12H,3-5H2,1-2H3,(H,18,20). The second-order valence-corrected chi connectivity index (χ2v) is 6.40. The molecule has 2 amide bonds. The third kappa shape index (κ3) is 3.24. The predicted octanol–water partition coefficient (Wildman–Crippen LogP) is 3.51. The lowest BCUT2D eigenvalue weighted by molar-refractivity contribution is -0.134. The Morgan fingerprint density at radius 3 is 2.67 bits per heavy atom. The Kier molecular flexibility index (Phi) is 5.27. The molecule has 1 fully saturated rings. The highest BCUT2D eigenvalue weighted by Crippen LogP contribution is 2.33. The molecule has 114 valence electrons. The first-order valence-electron chi connectivity index (χ1n) is 7.08. The highest BCUT2D eigenvalue weighted by molar-refractivity contribution is 9.10. The van der Waals surface area contributed by atoms with Crippen LogP contribution in [0.25, 0.3) is 0 Å². The summed E-state index contributed by atoms with van der Waals surface area (Å²) in [6.07, 6.45) is 2.00. The van der Waals surface area contributed by atoms with E-state index >= 15 is 0 Å². The molecule has 4 nitrogen and oxygen atoms in total. The summed E-state index contributed by atoms with van der Waals surface area (Å²) in [4.78, 5) is 26.6. The van der Waals surface area contributed by atoms with Crippen molar-refractivity contribution in [2.24, 2.45) is 0 Å². The molecule has 6 heteroatoms. The van der Waals surface area contributed by atoms with E-state index in [9.17, 15) is 9.59 Å². The predicted molar refractivity (Wildman–Crippen MR) is 87.6 cm³/mol. The summed E-state index contributed by atoms with van der Waals surface area (Å²) in [5, 5.41) is 3.28. The molecule has 0 bridgehead atoms. The van der Waals surface area contributed by atoms with E-state index in [4.69, 9.17) is 11.6 Å². The van der Waals surface area contributed by atoms with Crippen LogP contribution in [0, 0.1) is 0 Å². The van der Waals surface area contributed by atoms with Crippen molar-refractivity contribution in [3.05, 3.63) is 27.7 Å². The van der Waals surface area contributed by atoms with Crippen molar-refractivity contribution in [2.75, 3.05) is 4.90 Å². The van der Waals surface area contributed by atoms with Gasteiger partial charge in [-0.2, -0.15) is 0 Å². The fourth-order valence-corrected chi connectivity index (χ4v) is 3.14. The molecule has 0 saturated carbocycles. The molecular formula is C15H18BrClN2O2. The Balaban J connectivity index is 2.46. The molecule has 21 heavy (non-hydrogen) atoms. The smallest absolute Gasteiger partial charge is 0.250 e. The van der Waals surface area contributed by atoms with E-state index in [1.54, 1.807) is 17.0 Å². The minimum Gasteiger partial charge on any atom is -0.342 e. The van der Waals surface area contributed by atoms with Gasteiger partial charge in [-0.25, -0.2) is 0 Å². The van der Waals surface area contributed by atoms with E-state index < -0.39 is 12.1 Å². The number of nitrogens with zero attached hydrogens (tertiary/aromatic N) is 1. The van der Waals surface area contributed by atoms with E-state index in [0.717, 1.165) is 10.9 Å². The van der Waals surface area contributed by atoms with Gasteiger partial charge in [0, 0.05) is 4.47 Å². The molecule has 1 aromatic rings. The number of hydrogen-bond acceptors (Lipinski definition) is 2. The summed E-state index contributed by atoms with van der Waals surface area (Å²) in [6, 6.07) is 4.33. The van der Waals surface area contributed by atoms with Gasteiger partial charge in [0.05, 0.1) is 10.7 Å². The van der Waals surface area contributed by atoms with E-state index in [1.807, 2.05) is 19.9 Å². The van der Waals surface area contributed by atoms with E-state index in [0.29, 0.717) is 23.6 Å². The molecule has 2 rings (SSSR count). The number of carbonyl (C=O) groups excluding carboxylic acids is 2. The third-order valence-corrected chi connectivity index (χ3v) is 4.41. The maximum Gasteiger partial charge on any atom is 0.250 e. The first-order valence-corrected chi connectivity index (χ1v) is 8.25. The van der Waals surface area contributed by atoms with Gasteiger partial charge in [0.25, 0.3) is 0 Å². The normalized spacial score (nSPS) is 22.4. The maximum atomic E-state index is 12.7. The maximum absolute atomic E-state index is 12.7. The van der Waals surface area contributed by atoms with Crippen LogP contribution in [-0.4, -0.2) is 23.9 Å². The van der Waals surface area contributed by atoms with Crippen LogP contribution in [0.5, 0.6) is 0 Å². The van der Waals surface area contributed by atoms with Gasteiger partial charge in [0.15, 0.2) is 0 Å². The average Bonchev–Trinajstić information content (AvgIpc) is 2.45. The highest BCUT2D eigenvalue weighted by atomic mass is 79.9. The topological polar surface area (TPSA) is 49.4 Å². The molecule has 2 atom stereocenters. The molecule has 0 aromatic heterocycles. The Hall–Kier alpha value is -1.07. The number of benzene rings is 1. The number of carbonyl (C=O) groups is 2. The van der Waals surface area contributed by atoms with Crippen molar-refractivity contribution < 1.29 is 9.59 Å². The number of anilines is 1. The average molecular weight is 374 g/mol. The molecule has 0 radical (unpaired) electrons. The van der Waals surface area contributed by atoms with E-state index in [2.05, 4.69) is 21.2 Å². The molecule has 0 spiro atoms. The fraction of sp³-hybridized carbons (Fsp3) is 0.467. The quantitative estimate of drug-likeness (QED) is 0.878. The third-order valence-electron chi connectivity index (χ3n) is 3.60. The second kappa shape index (κ2) is 6.79. The Labute approximate surface area is 138 Å². The highest BCUT2D eigenvalue weighted by Gasteiger charge is 2.40. The zero-order valence-electron chi connectivity index (χ0n) is 12.0. The van der Waals surface area contributed by atoms with Crippen molar-refractivity contribution in [2.45, 2.75) is 45.2 Å². The van der Waals surface area contributed by atoms with Gasteiger partial charge in [-0.15, -0.1) is 0 Å². The minimum absolute atomic E-state index is 0.0942. The molecule has 1 heterocycles. The number of amides is 2. The van der Waals surface area contributed by atoms with Crippen LogP contribution in [-0.2, 0) is 9.59 Å². The number of nitrogens with one attached hydrogen (secondary N) is 1. The molecule has 0 aliphatic carbocycles. The lowest BCUT2D eigenvalue weighted by Gasteiger charge is -2.39. The zero-order chi connectivity index (χ0) is 15.6. The second-order valence-electron chi connectivity index (χ2n) is 5.08. The van der Waals surface area contributed by atoms with Crippen LogP contribution in [0.2, 0.25) is 5.02 Å². The van der Waals surface area contributed by atoms with Crippen LogP contribution in [0.1, 0.15) is 33.1 Å². The van der Waals surface area contributed by atoms with Crippen LogP contribution < -0.4 is 10.2 Å². The molecule has 1 N–H and O–H groups in total. The summed E-state index contributed by atoms with van der Waals surface area (Å²) >= 11 is 9.63. The van der Waals surface area contributed by atoms with Crippen molar-refractivity contribution in [3.63, 3.8) is 0 Å². The molecular weight excluding hydrogens is 356 g/mol. The number of hydrogen-bond donors (Lipinski definition) is 1. The van der Waals surface area contributed by atoms with Crippen molar-refractivity contribution >= 4 is 45.0 Å². The first kappa shape index (κ1) is 16.3. The summed E-state index contributed by atoms with van der Waals surface area (Å²) < 4.78 is 0.822. The summed E-state index contributed by atoms with van der Waals surface area (Å²) in [6.45, 7) is 3.87. The Morgan fingerprint density at radius 2 is 2.05 bits per heavy atom. The van der Waals surface area contributed by atoms with Gasteiger partial charge in [-0.05, 0) is 31.0 Å². The first-order chi connectivity index (χ1) is 9.99. The summed E-state index contributed by atoms with van der Waals surface area (Å²) in [7, 11) is 0. The monoisotopic (exact) mass is 372 g/mol. The van der Waals surface area contributed by atoms with Gasteiger partial charge in [-0.1, -0.05) is 47.8 Å². The Bertz CT molecular complexity index is 565. The van der Waals surface area contributed by atoms with Gasteiger partial charge in [0.1, 0.15) is 12.1 Å². The molecule has 2 unspecified atom stereocenters. The van der Waals surface area contributed by atoms with Gasteiger partial charge in [0.2, 0.25) is 11.8 Å². The number of piperazine rings is 1. The van der Waals surface area contributed by atoms with Gasteiger partial charge >= 0.3 is 0 Å². The SMILES string of the molecule is CCCC1NC(=O)C(CC)N(c2cc(Br)ccc2Cl)C1=O. The summed E-state index contributed by atoms with van der Waals surface area (Å²) in [5.41, 5.74) is 0.582. The van der Waals surface area contributed by atoms with Gasteiger partial charge in [-0.3, -0.25) is 14.5 Å². The Morgan fingerprint density at radius 1 is 1.33 bits per heavy atom. The van der Waals surface area contributed by atoms with Crippen LogP contribution in [0.4, 0.5) is 5.69 Å². The van der Waals surface area contributed by atoms with E-state index in [1.165, 1.54) is 0 Å².